The van der Waals surface area contributed by atoms with E-state index in [1.807, 2.05) is 30.3 Å². The Morgan fingerprint density at radius 3 is 2.32 bits per heavy atom. The van der Waals surface area contributed by atoms with E-state index in [9.17, 15) is 5.11 Å². The van der Waals surface area contributed by atoms with E-state index < -0.39 is 6.10 Å². The lowest BCUT2D eigenvalue weighted by Crippen LogP contribution is -2.27. The van der Waals surface area contributed by atoms with Gasteiger partial charge in [-0.3, -0.25) is 0 Å². The molecule has 1 aliphatic rings. The molecule has 2 nitrogen and oxygen atoms in total. The molecule has 0 bridgehead atoms. The zero-order valence-electron chi connectivity index (χ0n) is 10.9. The summed E-state index contributed by atoms with van der Waals surface area (Å²) in [7, 11) is 0. The molecule has 0 heterocycles. The van der Waals surface area contributed by atoms with E-state index in [0.717, 1.165) is 24.0 Å². The van der Waals surface area contributed by atoms with E-state index in [0.29, 0.717) is 5.92 Å². The molecule has 1 fully saturated rings. The maximum absolute atomic E-state index is 10.1. The highest BCUT2D eigenvalue weighted by atomic mass is 16.3. The molecule has 0 aliphatic heterocycles. The summed E-state index contributed by atoms with van der Waals surface area (Å²) in [4.78, 5) is 0. The Bertz CT molecular complexity index is 548. The van der Waals surface area contributed by atoms with Gasteiger partial charge in [-0.25, -0.2) is 0 Å². The van der Waals surface area contributed by atoms with Crippen LogP contribution in [0.4, 0.5) is 0 Å². The van der Waals surface area contributed by atoms with Crippen molar-refractivity contribution in [1.29, 1.82) is 0 Å². The average molecular weight is 253 g/mol. The molecule has 0 spiro atoms. The fourth-order valence-electron chi connectivity index (χ4n) is 2.48. The zero-order valence-corrected chi connectivity index (χ0v) is 10.9. The number of benzene rings is 2. The van der Waals surface area contributed by atoms with E-state index in [1.165, 1.54) is 5.56 Å². The minimum absolute atomic E-state index is 0.281. The predicted octanol–water partition coefficient (Wildman–Crippen LogP) is 3.12. The first-order chi connectivity index (χ1) is 9.25. The summed E-state index contributed by atoms with van der Waals surface area (Å²) in [6, 6.07) is 18.1. The van der Waals surface area contributed by atoms with Crippen molar-refractivity contribution in [2.24, 2.45) is 11.7 Å². The summed E-state index contributed by atoms with van der Waals surface area (Å²) >= 11 is 0. The van der Waals surface area contributed by atoms with Gasteiger partial charge in [0.1, 0.15) is 0 Å². The third-order valence-electron chi connectivity index (χ3n) is 3.85. The van der Waals surface area contributed by atoms with E-state index >= 15 is 0 Å². The molecule has 1 aliphatic carbocycles. The molecule has 3 rings (SSSR count). The number of hydrogen-bond acceptors (Lipinski definition) is 2. The van der Waals surface area contributed by atoms with E-state index in [4.69, 9.17) is 5.73 Å². The largest absolute Gasteiger partial charge is 0.391 e. The van der Waals surface area contributed by atoms with Crippen LogP contribution in [0.2, 0.25) is 0 Å². The average Bonchev–Trinajstić information content (AvgIpc) is 3.31. The van der Waals surface area contributed by atoms with Crippen LogP contribution in [0.25, 0.3) is 11.1 Å². The van der Waals surface area contributed by atoms with Crippen molar-refractivity contribution in [1.82, 2.24) is 0 Å². The van der Waals surface area contributed by atoms with Crippen LogP contribution in [0.1, 0.15) is 24.4 Å². The Balaban J connectivity index is 1.87. The van der Waals surface area contributed by atoms with Crippen molar-refractivity contribution in [3.63, 3.8) is 0 Å². The van der Waals surface area contributed by atoms with Crippen LogP contribution in [0.15, 0.2) is 54.6 Å². The van der Waals surface area contributed by atoms with Gasteiger partial charge in [-0.1, -0.05) is 48.5 Å². The van der Waals surface area contributed by atoms with Gasteiger partial charge in [-0.05, 0) is 41.5 Å². The minimum atomic E-state index is -0.411. The van der Waals surface area contributed by atoms with E-state index in [-0.39, 0.29) is 6.04 Å². The quantitative estimate of drug-likeness (QED) is 0.879. The summed E-state index contributed by atoms with van der Waals surface area (Å²) in [5, 5.41) is 10.1. The first-order valence-electron chi connectivity index (χ1n) is 6.85. The second kappa shape index (κ2) is 5.16. The number of hydrogen-bond donors (Lipinski definition) is 2. The molecule has 3 N–H and O–H groups in total. The highest BCUT2D eigenvalue weighted by Crippen LogP contribution is 2.37. The van der Waals surface area contributed by atoms with Gasteiger partial charge in [0, 0.05) is 0 Å². The Morgan fingerprint density at radius 2 is 1.63 bits per heavy atom. The van der Waals surface area contributed by atoms with E-state index in [1.54, 1.807) is 0 Å². The topological polar surface area (TPSA) is 46.2 Å². The predicted molar refractivity (Wildman–Crippen MR) is 77.5 cm³/mol. The van der Waals surface area contributed by atoms with Gasteiger partial charge < -0.3 is 10.8 Å². The number of nitrogens with two attached hydrogens (primary N) is 1. The van der Waals surface area contributed by atoms with Crippen molar-refractivity contribution in [2.75, 3.05) is 0 Å². The molecule has 2 heteroatoms. The van der Waals surface area contributed by atoms with Crippen molar-refractivity contribution in [2.45, 2.75) is 25.0 Å². The van der Waals surface area contributed by atoms with Crippen LogP contribution in [-0.4, -0.2) is 11.2 Å². The molecule has 2 atom stereocenters. The highest BCUT2D eigenvalue weighted by molar-refractivity contribution is 5.64. The lowest BCUT2D eigenvalue weighted by molar-refractivity contribution is 0.122. The van der Waals surface area contributed by atoms with Crippen LogP contribution in [0.3, 0.4) is 0 Å². The van der Waals surface area contributed by atoms with Crippen LogP contribution >= 0.6 is 0 Å². The zero-order chi connectivity index (χ0) is 13.2. The fourth-order valence-corrected chi connectivity index (χ4v) is 2.48. The number of rotatable bonds is 4. The van der Waals surface area contributed by atoms with Crippen LogP contribution in [0.5, 0.6) is 0 Å². The Kier molecular flexibility index (Phi) is 3.36. The van der Waals surface area contributed by atoms with Gasteiger partial charge in [0.15, 0.2) is 0 Å². The summed E-state index contributed by atoms with van der Waals surface area (Å²) in [6.07, 6.45) is 1.80. The molecule has 0 radical (unpaired) electrons. The lowest BCUT2D eigenvalue weighted by atomic mass is 9.95. The monoisotopic (exact) mass is 253 g/mol. The standard InChI is InChI=1S/C17H19NO/c18-16(17(19)13-9-10-13)15-8-4-7-14(11-15)12-5-2-1-3-6-12/h1-8,11,13,16-17,19H,9-10,18H2/t16-,17+/m1/s1. The van der Waals surface area contributed by atoms with Crippen molar-refractivity contribution in [3.8, 4) is 11.1 Å². The molecule has 0 aromatic heterocycles. The van der Waals surface area contributed by atoms with Gasteiger partial charge in [0.2, 0.25) is 0 Å². The van der Waals surface area contributed by atoms with Crippen LogP contribution in [0, 0.1) is 5.92 Å². The number of aliphatic hydroxyl groups excluding tert-OH is 1. The third kappa shape index (κ3) is 2.70. The third-order valence-corrected chi connectivity index (χ3v) is 3.85. The fraction of sp³-hybridized carbons (Fsp3) is 0.294. The SMILES string of the molecule is N[C@H](c1cccc(-c2ccccc2)c1)[C@@H](O)C1CC1. The molecular weight excluding hydrogens is 234 g/mol. The Hall–Kier alpha value is -1.64. The summed E-state index contributed by atoms with van der Waals surface area (Å²) in [5.41, 5.74) is 9.52. The summed E-state index contributed by atoms with van der Waals surface area (Å²) in [6.45, 7) is 0. The van der Waals surface area contributed by atoms with Gasteiger partial charge >= 0.3 is 0 Å². The molecular formula is C17H19NO. The van der Waals surface area contributed by atoms with Crippen molar-refractivity contribution >= 4 is 0 Å². The first kappa shape index (κ1) is 12.4. The molecule has 1 saturated carbocycles. The van der Waals surface area contributed by atoms with Gasteiger partial charge in [-0.15, -0.1) is 0 Å². The lowest BCUT2D eigenvalue weighted by Gasteiger charge is -2.19. The maximum Gasteiger partial charge on any atom is 0.0760 e. The first-order valence-corrected chi connectivity index (χ1v) is 6.85. The van der Waals surface area contributed by atoms with Crippen molar-refractivity contribution < 1.29 is 5.11 Å². The van der Waals surface area contributed by atoms with Gasteiger partial charge in [-0.2, -0.15) is 0 Å². The molecule has 0 amide bonds. The molecule has 19 heavy (non-hydrogen) atoms. The Labute approximate surface area is 113 Å². The smallest absolute Gasteiger partial charge is 0.0760 e. The van der Waals surface area contributed by atoms with E-state index in [2.05, 4.69) is 24.3 Å². The second-order valence-corrected chi connectivity index (χ2v) is 5.35. The van der Waals surface area contributed by atoms with Crippen molar-refractivity contribution in [3.05, 3.63) is 60.2 Å². The van der Waals surface area contributed by atoms with Crippen LogP contribution in [-0.2, 0) is 0 Å². The molecule has 2 aromatic rings. The highest BCUT2D eigenvalue weighted by Gasteiger charge is 2.34. The normalized spacial score (nSPS) is 18.0. The second-order valence-electron chi connectivity index (χ2n) is 5.35. The number of aliphatic hydroxyl groups is 1. The molecule has 2 aromatic carbocycles. The van der Waals surface area contributed by atoms with Crippen LogP contribution < -0.4 is 5.73 Å². The summed E-state index contributed by atoms with van der Waals surface area (Å²) < 4.78 is 0. The van der Waals surface area contributed by atoms with Gasteiger partial charge in [0.05, 0.1) is 12.1 Å². The maximum atomic E-state index is 10.1. The molecule has 0 saturated heterocycles. The summed E-state index contributed by atoms with van der Waals surface area (Å²) in [5.74, 6) is 0.399. The molecule has 98 valence electrons. The molecule has 0 unspecified atom stereocenters. The van der Waals surface area contributed by atoms with Gasteiger partial charge in [0.25, 0.3) is 0 Å². The Morgan fingerprint density at radius 1 is 0.947 bits per heavy atom. The minimum Gasteiger partial charge on any atom is -0.391 e.